The number of ether oxygens (including phenoxy) is 1. The fourth-order valence-electron chi connectivity index (χ4n) is 3.15. The highest BCUT2D eigenvalue weighted by atomic mass is 16.5. The van der Waals surface area contributed by atoms with Crippen molar-refractivity contribution < 1.29 is 4.74 Å². The van der Waals surface area contributed by atoms with Gasteiger partial charge in [0.1, 0.15) is 12.1 Å². The van der Waals surface area contributed by atoms with Crippen LogP contribution in [0, 0.1) is 6.92 Å². The molecule has 1 N–H and O–H groups in total. The van der Waals surface area contributed by atoms with E-state index in [0.717, 1.165) is 37.8 Å². The van der Waals surface area contributed by atoms with Gasteiger partial charge in [-0.2, -0.15) is 0 Å². The summed E-state index contributed by atoms with van der Waals surface area (Å²) in [6.45, 7) is 10.7. The molecular formula is C16H27N5O. The summed E-state index contributed by atoms with van der Waals surface area (Å²) in [5.41, 5.74) is 1.01. The Bertz CT molecular complexity index is 456. The predicted octanol–water partition coefficient (Wildman–Crippen LogP) is 0.994. The van der Waals surface area contributed by atoms with E-state index in [0.29, 0.717) is 6.04 Å². The van der Waals surface area contributed by atoms with Gasteiger partial charge in [0.05, 0.1) is 13.2 Å². The Balaban J connectivity index is 1.37. The molecule has 0 amide bonds. The van der Waals surface area contributed by atoms with Gasteiger partial charge in [-0.1, -0.05) is 0 Å². The number of hydrogen-bond acceptors (Lipinski definition) is 6. The average molecular weight is 305 g/mol. The number of nitrogens with one attached hydrogen (secondary N) is 1. The number of rotatable bonds is 5. The molecule has 0 spiro atoms. The van der Waals surface area contributed by atoms with E-state index in [1.807, 2.05) is 13.0 Å². The third-order valence-electron chi connectivity index (χ3n) is 4.58. The van der Waals surface area contributed by atoms with Crippen molar-refractivity contribution in [2.24, 2.45) is 0 Å². The first kappa shape index (κ1) is 15.6. The molecular weight excluding hydrogens is 278 g/mol. The lowest BCUT2D eigenvalue weighted by Gasteiger charge is -2.34. The highest BCUT2D eigenvalue weighted by Crippen LogP contribution is 2.15. The van der Waals surface area contributed by atoms with E-state index in [1.165, 1.54) is 39.0 Å². The van der Waals surface area contributed by atoms with Gasteiger partial charge in [-0.25, -0.2) is 9.97 Å². The summed E-state index contributed by atoms with van der Waals surface area (Å²) in [4.78, 5) is 13.5. The summed E-state index contributed by atoms with van der Waals surface area (Å²) < 4.78 is 5.40. The molecule has 3 heterocycles. The maximum atomic E-state index is 5.40. The molecule has 3 rings (SSSR count). The minimum atomic E-state index is 0.536. The number of nitrogens with zero attached hydrogens (tertiary/aromatic N) is 4. The van der Waals surface area contributed by atoms with Crippen LogP contribution in [0.25, 0.3) is 0 Å². The summed E-state index contributed by atoms with van der Waals surface area (Å²) >= 11 is 0. The van der Waals surface area contributed by atoms with Crippen LogP contribution in [0.3, 0.4) is 0 Å². The van der Waals surface area contributed by atoms with E-state index >= 15 is 0 Å². The summed E-state index contributed by atoms with van der Waals surface area (Å²) in [5.74, 6) is 0.958. The number of likely N-dealkylation sites (tertiary alicyclic amines) is 1. The maximum Gasteiger partial charge on any atom is 0.129 e. The van der Waals surface area contributed by atoms with Crippen LogP contribution in [0.1, 0.15) is 18.5 Å². The Morgan fingerprint density at radius 3 is 2.45 bits per heavy atom. The number of hydrogen-bond donors (Lipinski definition) is 1. The minimum absolute atomic E-state index is 0.536. The van der Waals surface area contributed by atoms with Crippen molar-refractivity contribution in [3.05, 3.63) is 18.1 Å². The van der Waals surface area contributed by atoms with Gasteiger partial charge in [-0.15, -0.1) is 0 Å². The third-order valence-corrected chi connectivity index (χ3v) is 4.58. The predicted molar refractivity (Wildman–Crippen MR) is 87.1 cm³/mol. The van der Waals surface area contributed by atoms with E-state index in [1.54, 1.807) is 6.33 Å². The van der Waals surface area contributed by atoms with Crippen LogP contribution in [-0.2, 0) is 4.74 Å². The molecule has 0 radical (unpaired) electrons. The number of aryl methyl sites for hydroxylation is 1. The minimum Gasteiger partial charge on any atom is -0.379 e. The van der Waals surface area contributed by atoms with Crippen molar-refractivity contribution in [2.75, 3.05) is 57.8 Å². The molecule has 6 nitrogen and oxygen atoms in total. The largest absolute Gasteiger partial charge is 0.379 e. The number of piperidine rings is 1. The fraction of sp³-hybridized carbons (Fsp3) is 0.750. The van der Waals surface area contributed by atoms with E-state index in [2.05, 4.69) is 25.1 Å². The zero-order valence-electron chi connectivity index (χ0n) is 13.5. The number of morpholine rings is 1. The average Bonchev–Trinajstić information content (AvgIpc) is 2.55. The van der Waals surface area contributed by atoms with Crippen molar-refractivity contribution in [1.29, 1.82) is 0 Å². The summed E-state index contributed by atoms with van der Waals surface area (Å²) in [7, 11) is 0. The monoisotopic (exact) mass is 305 g/mol. The Kier molecular flexibility index (Phi) is 5.58. The zero-order valence-corrected chi connectivity index (χ0v) is 13.5. The fourth-order valence-corrected chi connectivity index (χ4v) is 3.15. The first-order chi connectivity index (χ1) is 10.8. The Morgan fingerprint density at radius 1 is 1.09 bits per heavy atom. The topological polar surface area (TPSA) is 53.5 Å². The second-order valence-electron chi connectivity index (χ2n) is 6.26. The van der Waals surface area contributed by atoms with Crippen LogP contribution in [-0.4, -0.2) is 78.3 Å². The molecule has 0 saturated carbocycles. The van der Waals surface area contributed by atoms with Crippen LogP contribution >= 0.6 is 0 Å². The Morgan fingerprint density at radius 2 is 1.77 bits per heavy atom. The molecule has 122 valence electrons. The third kappa shape index (κ3) is 4.63. The van der Waals surface area contributed by atoms with Crippen LogP contribution < -0.4 is 5.32 Å². The molecule has 1 aromatic heterocycles. The first-order valence-electron chi connectivity index (χ1n) is 8.37. The maximum absolute atomic E-state index is 5.40. The summed E-state index contributed by atoms with van der Waals surface area (Å²) in [6.07, 6.45) is 4.01. The van der Waals surface area contributed by atoms with Gasteiger partial charge >= 0.3 is 0 Å². The lowest BCUT2D eigenvalue weighted by atomic mass is 10.1. The van der Waals surface area contributed by atoms with Crippen LogP contribution in [0.5, 0.6) is 0 Å². The van der Waals surface area contributed by atoms with Gasteiger partial charge < -0.3 is 15.0 Å². The van der Waals surface area contributed by atoms with Crippen molar-refractivity contribution >= 4 is 5.82 Å². The smallest absolute Gasteiger partial charge is 0.129 e. The molecule has 2 saturated heterocycles. The Hall–Kier alpha value is -1.24. The second kappa shape index (κ2) is 7.85. The summed E-state index contributed by atoms with van der Waals surface area (Å²) in [5, 5.41) is 3.54. The molecule has 2 aliphatic rings. The lowest BCUT2D eigenvalue weighted by molar-refractivity contribution is 0.0322. The molecule has 2 fully saturated rings. The molecule has 2 aliphatic heterocycles. The Labute approximate surface area is 132 Å². The summed E-state index contributed by atoms with van der Waals surface area (Å²) in [6, 6.07) is 2.55. The lowest BCUT2D eigenvalue weighted by Crippen LogP contribution is -2.45. The van der Waals surface area contributed by atoms with Crippen molar-refractivity contribution in [2.45, 2.75) is 25.8 Å². The molecule has 0 aromatic carbocycles. The van der Waals surface area contributed by atoms with Crippen molar-refractivity contribution in [3.63, 3.8) is 0 Å². The molecule has 0 atom stereocenters. The van der Waals surface area contributed by atoms with E-state index in [-0.39, 0.29) is 0 Å². The van der Waals surface area contributed by atoms with Gasteiger partial charge in [0.2, 0.25) is 0 Å². The molecule has 6 heteroatoms. The van der Waals surface area contributed by atoms with Crippen LogP contribution in [0.2, 0.25) is 0 Å². The van der Waals surface area contributed by atoms with Gasteiger partial charge in [0.25, 0.3) is 0 Å². The van der Waals surface area contributed by atoms with E-state index < -0.39 is 0 Å². The molecule has 0 aliphatic carbocycles. The van der Waals surface area contributed by atoms with Gasteiger partial charge in [-0.3, -0.25) is 4.90 Å². The highest BCUT2D eigenvalue weighted by Gasteiger charge is 2.20. The molecule has 22 heavy (non-hydrogen) atoms. The zero-order chi connectivity index (χ0) is 15.2. The highest BCUT2D eigenvalue weighted by molar-refractivity contribution is 5.35. The normalized spacial score (nSPS) is 21.9. The second-order valence-corrected chi connectivity index (χ2v) is 6.26. The number of aromatic nitrogens is 2. The molecule has 0 unspecified atom stereocenters. The number of anilines is 1. The van der Waals surface area contributed by atoms with Crippen LogP contribution in [0.15, 0.2) is 12.4 Å². The van der Waals surface area contributed by atoms with E-state index in [4.69, 9.17) is 4.74 Å². The molecule has 1 aromatic rings. The van der Waals surface area contributed by atoms with Gasteiger partial charge in [0, 0.05) is 57.1 Å². The van der Waals surface area contributed by atoms with Crippen molar-refractivity contribution in [1.82, 2.24) is 19.8 Å². The van der Waals surface area contributed by atoms with Crippen LogP contribution in [0.4, 0.5) is 5.82 Å². The van der Waals surface area contributed by atoms with E-state index in [9.17, 15) is 0 Å². The first-order valence-corrected chi connectivity index (χ1v) is 8.37. The SMILES string of the molecule is Cc1cc(NC2CCN(CCN3CCOCC3)CC2)ncn1. The standard InChI is InChI=1S/C16H27N5O/c1-14-12-16(18-13-17-14)19-15-2-4-20(5-3-15)6-7-21-8-10-22-11-9-21/h12-13,15H,2-11H2,1H3,(H,17,18,19). The van der Waals surface area contributed by atoms with Gasteiger partial charge in [0.15, 0.2) is 0 Å². The van der Waals surface area contributed by atoms with Gasteiger partial charge in [-0.05, 0) is 19.8 Å². The van der Waals surface area contributed by atoms with Crippen molar-refractivity contribution in [3.8, 4) is 0 Å². The quantitative estimate of drug-likeness (QED) is 0.876. The molecule has 0 bridgehead atoms.